The fourth-order valence-electron chi connectivity index (χ4n) is 10.6. The number of nitrogens with two attached hydrogens (primary N) is 8. The molecule has 0 spiro atoms. The topological polar surface area (TPSA) is 551 Å². The maximum absolute atomic E-state index is 14.2. The molecule has 0 radical (unpaired) electrons. The molecular weight excluding hydrogens is 1220 g/mol. The van der Waals surface area contributed by atoms with E-state index in [1.165, 1.54) is 78.5 Å². The number of H-pyrrole nitrogens is 1. The number of nitrogens with zero attached hydrogens (tertiary/aromatic N) is 8. The van der Waals surface area contributed by atoms with Crippen LogP contribution >= 0.6 is 0 Å². The lowest BCUT2D eigenvalue weighted by Gasteiger charge is -2.29. The molecule has 35 nitrogen and oxygen atoms in total. The summed E-state index contributed by atoms with van der Waals surface area (Å²) in [6, 6.07) is -0.572. The molecule has 25 N–H and O–H groups in total. The van der Waals surface area contributed by atoms with Crippen LogP contribution in [0.3, 0.4) is 0 Å². The first kappa shape index (κ1) is 72.5. The Morgan fingerprint density at radius 1 is 0.543 bits per heavy atom. The van der Waals surface area contributed by atoms with Crippen LogP contribution in [0.15, 0.2) is 71.6 Å². The number of nitrogens with one attached hydrogen (secondary N) is 9. The van der Waals surface area contributed by atoms with Gasteiger partial charge in [0.2, 0.25) is 35.4 Å². The maximum Gasteiger partial charge on any atom is 0.272 e. The van der Waals surface area contributed by atoms with Crippen molar-refractivity contribution >= 4 is 93.7 Å². The van der Waals surface area contributed by atoms with E-state index in [1.54, 1.807) is 34.4 Å². The zero-order valence-electron chi connectivity index (χ0n) is 53.2. The molecule has 1 aliphatic heterocycles. The van der Waals surface area contributed by atoms with E-state index < -0.39 is 95.3 Å². The predicted molar refractivity (Wildman–Crippen MR) is 351 cm³/mol. The number of hydrogen-bond donors (Lipinski definition) is 17. The highest BCUT2D eigenvalue weighted by atomic mass is 16.2. The van der Waals surface area contributed by atoms with Gasteiger partial charge in [-0.05, 0) is 114 Å². The summed E-state index contributed by atoms with van der Waals surface area (Å²) in [5, 5.41) is 22.0. The average molecular weight is 1310 g/mol. The third-order valence-corrected chi connectivity index (χ3v) is 15.5. The van der Waals surface area contributed by atoms with Crippen molar-refractivity contribution in [1.82, 2.24) is 54.4 Å². The number of aromatic nitrogens is 6. The van der Waals surface area contributed by atoms with E-state index >= 15 is 0 Å². The first-order valence-electron chi connectivity index (χ1n) is 30.7. The number of aryl methyl sites for hydroxylation is 4. The molecule has 0 aliphatic carbocycles. The molecule has 6 heterocycles. The highest BCUT2D eigenvalue weighted by Gasteiger charge is 2.38. The van der Waals surface area contributed by atoms with E-state index in [1.807, 2.05) is 0 Å². The summed E-state index contributed by atoms with van der Waals surface area (Å²) in [5.41, 5.74) is 47.2. The Balaban J connectivity index is 1.06. The molecule has 1 aliphatic rings. The molecule has 1 saturated heterocycles. The normalized spacial score (nSPS) is 14.3. The van der Waals surface area contributed by atoms with Crippen LogP contribution in [0.1, 0.15) is 125 Å². The van der Waals surface area contributed by atoms with Gasteiger partial charge in [0.05, 0.1) is 35.1 Å². The number of anilines is 4. The van der Waals surface area contributed by atoms with Gasteiger partial charge in [-0.1, -0.05) is 0 Å². The van der Waals surface area contributed by atoms with Crippen LogP contribution in [-0.2, 0) is 63.4 Å². The standard InChI is InChI=1S/C59H89N25O10/c1-80-28-34(72-49(86)40(12-5-7-17-60)77-51(88)42(15-10-20-70-59(66)67)78-52(89)43-16-11-21-84(43)57(94)38(62)22-33-27-68-32-71-33)23-44(80)53(90)73-35-24-45(81(2)29-35)54(91)74-36-25-46(82(3)30-36)55(92)75-37-26-47(83(4)31-37)56(93)79-41(13-6-8-18-61)50(87)76-39(48(63)85)14-9-19-69-58(64)65/h23-32,38-43H,5-22,60-62H2,1-4H3,(H2,63,85)(H,68,71)(H,72,86)(H,73,90)(H,74,91)(H,75,92)(H,76,87)(H,77,88)(H,78,89)(H,79,93)(H4,64,65,69)(H4,66,67,70)/t38-,39-,40-,41-,42-,43-/m0/s1. The van der Waals surface area contributed by atoms with Gasteiger partial charge in [0.25, 0.3) is 23.6 Å². The van der Waals surface area contributed by atoms with Crippen molar-refractivity contribution in [2.45, 2.75) is 120 Å². The van der Waals surface area contributed by atoms with Crippen molar-refractivity contribution in [3.05, 3.63) is 90.0 Å². The van der Waals surface area contributed by atoms with E-state index in [0.29, 0.717) is 63.7 Å². The summed E-state index contributed by atoms with van der Waals surface area (Å²) >= 11 is 0. The van der Waals surface area contributed by atoms with Crippen LogP contribution in [-0.4, -0.2) is 173 Å². The fraction of sp³-hybridized carbons (Fsp3) is 0.475. The van der Waals surface area contributed by atoms with Crippen molar-refractivity contribution < 1.29 is 47.9 Å². The first-order chi connectivity index (χ1) is 44.8. The van der Waals surface area contributed by atoms with Crippen LogP contribution in [0.2, 0.25) is 0 Å². The molecule has 0 saturated carbocycles. The number of primary amides is 1. The van der Waals surface area contributed by atoms with Crippen molar-refractivity contribution in [2.24, 2.45) is 84.0 Å². The Morgan fingerprint density at radius 3 is 1.39 bits per heavy atom. The Hall–Kier alpha value is -10.5. The molecule has 35 heteroatoms. The van der Waals surface area contributed by atoms with Crippen LogP contribution < -0.4 is 88.4 Å². The highest BCUT2D eigenvalue weighted by Crippen LogP contribution is 2.24. The summed E-state index contributed by atoms with van der Waals surface area (Å²) in [5.74, 6) is -6.43. The molecule has 510 valence electrons. The summed E-state index contributed by atoms with van der Waals surface area (Å²) in [6.07, 6.45) is 13.3. The second kappa shape index (κ2) is 34.8. The van der Waals surface area contributed by atoms with Crippen molar-refractivity contribution in [2.75, 3.05) is 54.0 Å². The highest BCUT2D eigenvalue weighted by molar-refractivity contribution is 6.09. The minimum atomic E-state index is -1.18. The minimum absolute atomic E-state index is 0.0665. The number of rotatable bonds is 36. The summed E-state index contributed by atoms with van der Waals surface area (Å²) in [4.78, 5) is 152. The van der Waals surface area contributed by atoms with Gasteiger partial charge in [0.15, 0.2) is 11.9 Å². The zero-order chi connectivity index (χ0) is 68.8. The quantitative estimate of drug-likeness (QED) is 0.0111. The first-order valence-corrected chi connectivity index (χ1v) is 30.7. The second-order valence-corrected chi connectivity index (χ2v) is 22.9. The summed E-state index contributed by atoms with van der Waals surface area (Å²) < 4.78 is 5.90. The molecule has 0 unspecified atom stereocenters. The zero-order valence-corrected chi connectivity index (χ0v) is 53.2. The van der Waals surface area contributed by atoms with E-state index in [0.717, 1.165) is 0 Å². The maximum atomic E-state index is 14.2. The second-order valence-electron chi connectivity index (χ2n) is 22.9. The van der Waals surface area contributed by atoms with Crippen molar-refractivity contribution in [1.29, 1.82) is 0 Å². The Morgan fingerprint density at radius 2 is 0.957 bits per heavy atom. The molecule has 1 fully saturated rings. The smallest absolute Gasteiger partial charge is 0.272 e. The molecule has 0 bridgehead atoms. The number of amides is 10. The molecule has 94 heavy (non-hydrogen) atoms. The van der Waals surface area contributed by atoms with Gasteiger partial charge in [0.1, 0.15) is 53.0 Å². The lowest BCUT2D eigenvalue weighted by molar-refractivity contribution is -0.140. The molecule has 6 rings (SSSR count). The van der Waals surface area contributed by atoms with Gasteiger partial charge in [-0.2, -0.15) is 0 Å². The third-order valence-electron chi connectivity index (χ3n) is 15.5. The largest absolute Gasteiger partial charge is 0.370 e. The Bertz CT molecular complexity index is 3540. The number of aromatic amines is 1. The molecule has 6 atom stereocenters. The van der Waals surface area contributed by atoms with Gasteiger partial charge >= 0.3 is 0 Å². The average Bonchev–Trinajstić information content (AvgIpc) is 1.68. The van der Waals surface area contributed by atoms with Gasteiger partial charge in [-0.25, -0.2) is 4.98 Å². The van der Waals surface area contributed by atoms with Gasteiger partial charge in [0, 0.05) is 90.9 Å². The lowest BCUT2D eigenvalue weighted by Crippen LogP contribution is -2.57. The van der Waals surface area contributed by atoms with Crippen LogP contribution in [0.5, 0.6) is 0 Å². The van der Waals surface area contributed by atoms with Crippen LogP contribution in [0, 0.1) is 0 Å². The number of carbonyl (C=O) groups excluding carboxylic acids is 10. The van der Waals surface area contributed by atoms with Crippen LogP contribution in [0.25, 0.3) is 0 Å². The van der Waals surface area contributed by atoms with E-state index in [2.05, 4.69) is 62.5 Å². The molecule has 10 amide bonds. The lowest BCUT2D eigenvalue weighted by atomic mass is 10.1. The number of carbonyl (C=O) groups is 10. The van der Waals surface area contributed by atoms with Gasteiger partial charge in [-0.15, -0.1) is 0 Å². The minimum Gasteiger partial charge on any atom is -0.370 e. The van der Waals surface area contributed by atoms with E-state index in [4.69, 9.17) is 45.9 Å². The number of imidazole rings is 1. The Kier molecular flexibility index (Phi) is 26.8. The number of likely N-dealkylation sites (tertiary alicyclic amines) is 1. The van der Waals surface area contributed by atoms with Crippen LogP contribution in [0.4, 0.5) is 22.7 Å². The number of aliphatic imine (C=N–C) groups is 2. The third kappa shape index (κ3) is 21.0. The molecular formula is C59H89N25O10. The summed E-state index contributed by atoms with van der Waals surface area (Å²) in [6.45, 7) is 1.30. The fourth-order valence-corrected chi connectivity index (χ4v) is 10.6. The predicted octanol–water partition coefficient (Wildman–Crippen LogP) is -2.58. The molecule has 0 aromatic carbocycles. The SMILES string of the molecule is Cn1cc(NC(=O)c2cc(NC(=O)[C@H](CCCCN)NC(=O)[C@H](CCCN=C(N)N)NC(=O)[C@@H]3CCCN3C(=O)[C@@H](N)Cc3cnc[nH]3)cn2C)cc1C(=O)Nc1cc(C(=O)Nc2cc(C(=O)N[C@@H](CCCCN)C(=O)N[C@@H](CCCN=C(N)N)C(N)=O)n(C)c2)n(C)c1. The number of unbranched alkanes of at least 4 members (excludes halogenated alkanes) is 2. The van der Waals surface area contributed by atoms with E-state index in [-0.39, 0.29) is 116 Å². The number of hydrogen-bond acceptors (Lipinski definition) is 16. The summed E-state index contributed by atoms with van der Waals surface area (Å²) in [7, 11) is 6.34. The van der Waals surface area contributed by atoms with Crippen molar-refractivity contribution in [3.63, 3.8) is 0 Å². The number of guanidine groups is 2. The van der Waals surface area contributed by atoms with Gasteiger partial charge in [-0.3, -0.25) is 57.9 Å². The molecule has 5 aromatic heterocycles. The molecule has 5 aromatic rings. The Labute approximate surface area is 542 Å². The van der Waals surface area contributed by atoms with Gasteiger partial charge < -0.3 is 117 Å². The van der Waals surface area contributed by atoms with E-state index in [9.17, 15) is 47.9 Å². The van der Waals surface area contributed by atoms with Crippen molar-refractivity contribution in [3.8, 4) is 0 Å². The monoisotopic (exact) mass is 1310 g/mol.